The van der Waals surface area contributed by atoms with Crippen molar-refractivity contribution >= 4 is 18.0 Å². The predicted molar refractivity (Wildman–Crippen MR) is 81.6 cm³/mol. The monoisotopic (exact) mass is 287 g/mol. The first-order chi connectivity index (χ1) is 10.0. The maximum absolute atomic E-state index is 12.0. The Kier molecular flexibility index (Phi) is 4.78. The minimum absolute atomic E-state index is 0.313. The molecule has 2 atom stereocenters. The van der Waals surface area contributed by atoms with Crippen molar-refractivity contribution in [2.75, 3.05) is 0 Å². The van der Waals surface area contributed by atoms with Crippen LogP contribution in [-0.2, 0) is 9.59 Å². The van der Waals surface area contributed by atoms with Gasteiger partial charge >= 0.3 is 5.97 Å². The zero-order valence-electron chi connectivity index (χ0n) is 12.2. The largest absolute Gasteiger partial charge is 0.480 e. The molecule has 0 spiro atoms. The molecule has 0 aromatic heterocycles. The molecule has 1 aliphatic rings. The Bertz CT molecular complexity index is 538. The fraction of sp³-hybridized carbons (Fsp3) is 0.412. The molecule has 0 aliphatic heterocycles. The molecule has 4 nitrogen and oxygen atoms in total. The average molecular weight is 287 g/mol. The Labute approximate surface area is 124 Å². The van der Waals surface area contributed by atoms with Crippen LogP contribution in [-0.4, -0.2) is 22.5 Å². The van der Waals surface area contributed by atoms with Crippen LogP contribution >= 0.6 is 0 Å². The van der Waals surface area contributed by atoms with E-state index in [1.54, 1.807) is 6.08 Å². The summed E-state index contributed by atoms with van der Waals surface area (Å²) in [5.41, 5.74) is -0.204. The molecule has 0 saturated heterocycles. The third-order valence-corrected chi connectivity index (χ3v) is 4.00. The molecule has 0 radical (unpaired) electrons. The molecule has 112 valence electrons. The smallest absolute Gasteiger partial charge is 0.329 e. The average Bonchev–Trinajstić information content (AvgIpc) is 2.46. The molecule has 1 saturated carbocycles. The SMILES string of the molecule is CC1CCCC(NC(=O)C=Cc2ccccc2)(C(=O)O)C1. The number of hydrogen-bond donors (Lipinski definition) is 2. The van der Waals surface area contributed by atoms with E-state index in [9.17, 15) is 14.7 Å². The second kappa shape index (κ2) is 6.57. The lowest BCUT2D eigenvalue weighted by molar-refractivity contribution is -0.149. The van der Waals surface area contributed by atoms with Crippen molar-refractivity contribution in [3.05, 3.63) is 42.0 Å². The highest BCUT2D eigenvalue weighted by atomic mass is 16.4. The Morgan fingerprint density at radius 3 is 2.67 bits per heavy atom. The van der Waals surface area contributed by atoms with Gasteiger partial charge in [0.15, 0.2) is 0 Å². The first-order valence-corrected chi connectivity index (χ1v) is 7.30. The lowest BCUT2D eigenvalue weighted by Crippen LogP contribution is -2.56. The summed E-state index contributed by atoms with van der Waals surface area (Å²) < 4.78 is 0. The zero-order valence-corrected chi connectivity index (χ0v) is 12.2. The van der Waals surface area contributed by atoms with Crippen molar-refractivity contribution in [1.82, 2.24) is 5.32 Å². The summed E-state index contributed by atoms with van der Waals surface area (Å²) in [5.74, 6) is -0.973. The van der Waals surface area contributed by atoms with Crippen LogP contribution in [0, 0.1) is 5.92 Å². The van der Waals surface area contributed by atoms with Gasteiger partial charge in [0.1, 0.15) is 5.54 Å². The Hall–Kier alpha value is -2.10. The summed E-state index contributed by atoms with van der Waals surface area (Å²) in [4.78, 5) is 23.6. The number of hydrogen-bond acceptors (Lipinski definition) is 2. The fourth-order valence-corrected chi connectivity index (χ4v) is 2.93. The standard InChI is InChI=1S/C17H21NO3/c1-13-6-5-11-17(12-13,16(20)21)18-15(19)10-9-14-7-3-2-4-8-14/h2-4,7-10,13H,5-6,11-12H2,1H3,(H,18,19)(H,20,21). The first kappa shape index (κ1) is 15.3. The van der Waals surface area contributed by atoms with Crippen LogP contribution in [0.5, 0.6) is 0 Å². The van der Waals surface area contributed by atoms with Crippen molar-refractivity contribution in [3.8, 4) is 0 Å². The number of aliphatic carboxylic acids is 1. The molecule has 21 heavy (non-hydrogen) atoms. The zero-order chi connectivity index (χ0) is 15.3. The highest BCUT2D eigenvalue weighted by Gasteiger charge is 2.42. The predicted octanol–water partition coefficient (Wildman–Crippen LogP) is 2.85. The summed E-state index contributed by atoms with van der Waals surface area (Å²) >= 11 is 0. The molecule has 1 aromatic carbocycles. The minimum atomic E-state index is -1.12. The van der Waals surface area contributed by atoms with E-state index >= 15 is 0 Å². The van der Waals surface area contributed by atoms with E-state index in [0.717, 1.165) is 18.4 Å². The molecule has 1 aromatic rings. The third-order valence-electron chi connectivity index (χ3n) is 4.00. The molecule has 1 aliphatic carbocycles. The number of nitrogens with one attached hydrogen (secondary N) is 1. The number of carbonyl (C=O) groups excluding carboxylic acids is 1. The maximum Gasteiger partial charge on any atom is 0.329 e. The Balaban J connectivity index is 2.05. The molecule has 1 fully saturated rings. The number of benzene rings is 1. The number of carboxylic acids is 1. The van der Waals surface area contributed by atoms with Crippen molar-refractivity contribution in [3.63, 3.8) is 0 Å². The van der Waals surface area contributed by atoms with Gasteiger partial charge in [-0.3, -0.25) is 4.79 Å². The van der Waals surface area contributed by atoms with Crippen LogP contribution in [0.2, 0.25) is 0 Å². The molecule has 0 heterocycles. The third kappa shape index (κ3) is 3.94. The van der Waals surface area contributed by atoms with Crippen LogP contribution in [0.25, 0.3) is 6.08 Å². The Morgan fingerprint density at radius 1 is 1.33 bits per heavy atom. The van der Waals surface area contributed by atoms with Gasteiger partial charge in [-0.25, -0.2) is 4.79 Å². The molecule has 2 N–H and O–H groups in total. The van der Waals surface area contributed by atoms with Crippen LogP contribution in [0.15, 0.2) is 36.4 Å². The summed E-state index contributed by atoms with van der Waals surface area (Å²) in [6, 6.07) is 9.46. The van der Waals surface area contributed by atoms with E-state index in [1.807, 2.05) is 37.3 Å². The molecular weight excluding hydrogens is 266 g/mol. The minimum Gasteiger partial charge on any atom is -0.480 e. The maximum atomic E-state index is 12.0. The highest BCUT2D eigenvalue weighted by Crippen LogP contribution is 2.32. The summed E-state index contributed by atoms with van der Waals surface area (Å²) in [6.45, 7) is 2.03. The van der Waals surface area contributed by atoms with Crippen LogP contribution < -0.4 is 5.32 Å². The van der Waals surface area contributed by atoms with Gasteiger partial charge in [-0.15, -0.1) is 0 Å². The second-order valence-corrected chi connectivity index (χ2v) is 5.82. The van der Waals surface area contributed by atoms with Crippen LogP contribution in [0.1, 0.15) is 38.2 Å². The van der Waals surface area contributed by atoms with E-state index in [2.05, 4.69) is 5.32 Å². The molecular formula is C17H21NO3. The van der Waals surface area contributed by atoms with Crippen molar-refractivity contribution in [2.24, 2.45) is 5.92 Å². The van der Waals surface area contributed by atoms with Gasteiger partial charge in [0.05, 0.1) is 0 Å². The molecule has 2 unspecified atom stereocenters. The van der Waals surface area contributed by atoms with Crippen molar-refractivity contribution < 1.29 is 14.7 Å². The molecule has 4 heteroatoms. The van der Waals surface area contributed by atoms with Gasteiger partial charge in [-0.05, 0) is 30.4 Å². The van der Waals surface area contributed by atoms with Gasteiger partial charge in [0.25, 0.3) is 0 Å². The van der Waals surface area contributed by atoms with Crippen LogP contribution in [0.3, 0.4) is 0 Å². The van der Waals surface area contributed by atoms with E-state index in [0.29, 0.717) is 18.8 Å². The number of rotatable bonds is 4. The lowest BCUT2D eigenvalue weighted by atomic mass is 9.76. The molecule has 2 rings (SSSR count). The van der Waals surface area contributed by atoms with Gasteiger partial charge < -0.3 is 10.4 Å². The summed E-state index contributed by atoms with van der Waals surface area (Å²) in [5, 5.41) is 12.2. The normalized spacial score (nSPS) is 25.7. The topological polar surface area (TPSA) is 66.4 Å². The van der Waals surface area contributed by atoms with Gasteiger partial charge in [-0.1, -0.05) is 50.1 Å². The highest BCUT2D eigenvalue weighted by molar-refractivity contribution is 5.95. The lowest BCUT2D eigenvalue weighted by Gasteiger charge is -2.36. The number of amides is 1. The summed E-state index contributed by atoms with van der Waals surface area (Å²) in [6.07, 6.45) is 5.93. The molecule has 1 amide bonds. The van der Waals surface area contributed by atoms with E-state index in [-0.39, 0.29) is 5.91 Å². The fourth-order valence-electron chi connectivity index (χ4n) is 2.93. The van der Waals surface area contributed by atoms with Gasteiger partial charge in [-0.2, -0.15) is 0 Å². The van der Waals surface area contributed by atoms with Gasteiger partial charge in [0, 0.05) is 6.08 Å². The van der Waals surface area contributed by atoms with E-state index in [4.69, 9.17) is 0 Å². The number of carboxylic acid groups (broad SMARTS) is 1. The van der Waals surface area contributed by atoms with E-state index in [1.165, 1.54) is 6.08 Å². The van der Waals surface area contributed by atoms with Crippen molar-refractivity contribution in [2.45, 2.75) is 38.1 Å². The summed E-state index contributed by atoms with van der Waals surface area (Å²) in [7, 11) is 0. The molecule has 0 bridgehead atoms. The quantitative estimate of drug-likeness (QED) is 0.837. The Morgan fingerprint density at radius 2 is 2.05 bits per heavy atom. The van der Waals surface area contributed by atoms with Crippen molar-refractivity contribution in [1.29, 1.82) is 0 Å². The van der Waals surface area contributed by atoms with Gasteiger partial charge in [0.2, 0.25) is 5.91 Å². The van der Waals surface area contributed by atoms with Crippen LogP contribution in [0.4, 0.5) is 0 Å². The number of carbonyl (C=O) groups is 2. The van der Waals surface area contributed by atoms with E-state index < -0.39 is 11.5 Å². The first-order valence-electron chi connectivity index (χ1n) is 7.30. The second-order valence-electron chi connectivity index (χ2n) is 5.82.